The van der Waals surface area contributed by atoms with Gasteiger partial charge in [0.15, 0.2) is 0 Å². The Morgan fingerprint density at radius 3 is 1.00 bits per heavy atom. The Morgan fingerprint density at radius 1 is 0.488 bits per heavy atom. The summed E-state index contributed by atoms with van der Waals surface area (Å²) in [6.07, 6.45) is 41.1. The quantitative estimate of drug-likeness (QED) is 0.0478. The third-order valence-corrected chi connectivity index (χ3v) is 12.4. The molecular formula is C35H78O3P2Ti. The third-order valence-electron chi connectivity index (χ3n) is 7.74. The number of hydrogen-bond donors (Lipinski definition) is 2. The summed E-state index contributed by atoms with van der Waals surface area (Å²) in [5.74, 6) is 0. The van der Waals surface area contributed by atoms with Crippen LogP contribution in [0.3, 0.4) is 0 Å². The zero-order valence-corrected chi connectivity index (χ0v) is 32.6. The monoisotopic (exact) mass is 656 g/mol. The molecule has 3 nitrogen and oxygen atoms in total. The van der Waals surface area contributed by atoms with Crippen molar-refractivity contribution in [1.29, 1.82) is 0 Å². The van der Waals surface area contributed by atoms with E-state index in [2.05, 4.69) is 41.5 Å². The first-order valence-electron chi connectivity index (χ1n) is 18.2. The van der Waals surface area contributed by atoms with E-state index < -0.39 is 18.6 Å². The van der Waals surface area contributed by atoms with Gasteiger partial charge in [0.1, 0.15) is 0 Å². The van der Waals surface area contributed by atoms with Gasteiger partial charge >= 0.3 is 29.3 Å². The molecule has 0 aromatic rings. The van der Waals surface area contributed by atoms with E-state index in [4.69, 9.17) is 10.7 Å². The summed E-state index contributed by atoms with van der Waals surface area (Å²) >= 11 is -3.58. The van der Waals surface area contributed by atoms with Crippen molar-refractivity contribution in [2.24, 2.45) is 0 Å². The second-order valence-corrected chi connectivity index (χ2v) is 17.7. The fraction of sp³-hybridized carbons (Fsp3) is 1.00. The van der Waals surface area contributed by atoms with E-state index in [1.54, 1.807) is 12.3 Å². The molecule has 0 aromatic carbocycles. The van der Waals surface area contributed by atoms with E-state index in [-0.39, 0.29) is 0 Å². The van der Waals surface area contributed by atoms with Crippen LogP contribution >= 0.6 is 16.5 Å². The van der Waals surface area contributed by atoms with Crippen molar-refractivity contribution in [1.82, 2.24) is 0 Å². The molecule has 0 saturated carbocycles. The van der Waals surface area contributed by atoms with Gasteiger partial charge in [0.05, 0.1) is 0 Å². The molecule has 0 bridgehead atoms. The summed E-state index contributed by atoms with van der Waals surface area (Å²) in [6.45, 7) is 14.1. The average molecular weight is 657 g/mol. The Kier molecular flexibility index (Phi) is 49.5. The first-order valence-corrected chi connectivity index (χ1v) is 23.5. The Morgan fingerprint density at radius 2 is 0.732 bits per heavy atom. The summed E-state index contributed by atoms with van der Waals surface area (Å²) in [5.41, 5.74) is 0.955. The maximum absolute atomic E-state index is 8.81. The van der Waals surface area contributed by atoms with E-state index in [0.29, 0.717) is 7.92 Å². The average Bonchev–Trinajstić information content (AvgIpc) is 2.93. The van der Waals surface area contributed by atoms with Gasteiger partial charge in [0.2, 0.25) is 0 Å². The standard InChI is InChI=1S/C19H41P.C16H35P.2H2O.O.Ti/c1-5-7-9-11-13-15-17-20(19(3)4)18-16-14-12-10-8-6-2;1-3-5-7-9-11-13-15-17-16-14-12-10-8-6-4-2;;;;/h19H,5-18H2,1-4H3;17H,3-16H2,1-2H3;2*1H2;;/q;;;;;+2/p-2. The first kappa shape index (κ1) is 46.7. The molecule has 0 aliphatic carbocycles. The molecule has 2 N–H and O–H groups in total. The minimum absolute atomic E-state index is 0.331. The SMILES string of the molecule is CCCCCCCCP(CCCCCCCC)C(C)C.CCCCCCCCPCCCCCCCC.[O]=[Ti]([OH])[OH]. The van der Waals surface area contributed by atoms with Crippen LogP contribution in [-0.4, -0.2) is 37.7 Å². The van der Waals surface area contributed by atoms with Gasteiger partial charge in [-0.15, -0.1) is 16.5 Å². The molecule has 0 saturated heterocycles. The second-order valence-electron chi connectivity index (χ2n) is 12.2. The first-order chi connectivity index (χ1) is 19.9. The van der Waals surface area contributed by atoms with Crippen molar-refractivity contribution in [2.75, 3.05) is 24.6 Å². The van der Waals surface area contributed by atoms with Crippen molar-refractivity contribution in [3.8, 4) is 0 Å². The molecule has 0 heterocycles. The predicted octanol–water partition coefficient (Wildman–Crippen LogP) is 12.7. The van der Waals surface area contributed by atoms with Gasteiger partial charge in [-0.2, -0.15) is 0 Å². The van der Waals surface area contributed by atoms with Gasteiger partial charge in [0.25, 0.3) is 0 Å². The van der Waals surface area contributed by atoms with E-state index >= 15 is 0 Å². The minimum atomic E-state index is -3.58. The molecule has 6 heteroatoms. The molecule has 0 atom stereocenters. The van der Waals surface area contributed by atoms with Crippen LogP contribution in [0.15, 0.2) is 0 Å². The van der Waals surface area contributed by atoms with Crippen LogP contribution < -0.4 is 0 Å². The Balaban J connectivity index is -0.000000628. The predicted molar refractivity (Wildman–Crippen MR) is 188 cm³/mol. The fourth-order valence-corrected chi connectivity index (χ4v) is 8.77. The van der Waals surface area contributed by atoms with Crippen LogP contribution in [0.2, 0.25) is 0 Å². The van der Waals surface area contributed by atoms with Gasteiger partial charge in [-0.1, -0.05) is 170 Å². The van der Waals surface area contributed by atoms with Crippen LogP contribution in [0.4, 0.5) is 0 Å². The Bertz CT molecular complexity index is 433. The van der Waals surface area contributed by atoms with Crippen molar-refractivity contribution >= 4 is 16.5 Å². The van der Waals surface area contributed by atoms with E-state index in [9.17, 15) is 0 Å². The number of rotatable bonds is 29. The van der Waals surface area contributed by atoms with Gasteiger partial charge in [-0.3, -0.25) is 0 Å². The van der Waals surface area contributed by atoms with E-state index in [0.717, 1.165) is 5.66 Å². The molecule has 0 amide bonds. The molecule has 250 valence electrons. The zero-order valence-electron chi connectivity index (χ0n) is 29.1. The Hall–Kier alpha value is 1.29. The molecule has 0 rings (SSSR count). The molecule has 0 fully saturated rings. The van der Waals surface area contributed by atoms with Gasteiger partial charge in [-0.05, 0) is 56.0 Å². The van der Waals surface area contributed by atoms with Crippen LogP contribution in [-0.2, 0) is 21.9 Å². The van der Waals surface area contributed by atoms with Gasteiger partial charge < -0.3 is 0 Å². The van der Waals surface area contributed by atoms with Crippen LogP contribution in [0.1, 0.15) is 196 Å². The zero-order chi connectivity index (χ0) is 31.2. The summed E-state index contributed by atoms with van der Waals surface area (Å²) in [5, 5.41) is 0. The molecular weight excluding hydrogens is 578 g/mol. The molecule has 0 spiro atoms. The van der Waals surface area contributed by atoms with Gasteiger partial charge in [-0.25, -0.2) is 0 Å². The molecule has 0 unspecified atom stereocenters. The molecule has 0 aromatic heterocycles. The molecule has 0 radical (unpaired) electrons. The van der Waals surface area contributed by atoms with Crippen molar-refractivity contribution < 1.29 is 29.3 Å². The van der Waals surface area contributed by atoms with E-state index in [1.807, 2.05) is 0 Å². The second kappa shape index (κ2) is 43.4. The van der Waals surface area contributed by atoms with Crippen LogP contribution in [0.5, 0.6) is 0 Å². The summed E-state index contributed by atoms with van der Waals surface area (Å²) in [6, 6.07) is 0. The van der Waals surface area contributed by atoms with Crippen molar-refractivity contribution in [3.63, 3.8) is 0 Å². The topological polar surface area (TPSA) is 57.5 Å². The number of hydrogen-bond acceptors (Lipinski definition) is 1. The maximum atomic E-state index is 8.81. The van der Waals surface area contributed by atoms with E-state index in [1.165, 1.54) is 175 Å². The third kappa shape index (κ3) is 51.2. The molecule has 0 aliphatic heterocycles. The van der Waals surface area contributed by atoms with Crippen LogP contribution in [0, 0.1) is 0 Å². The summed E-state index contributed by atoms with van der Waals surface area (Å²) in [7, 11) is 1.59. The van der Waals surface area contributed by atoms with Crippen molar-refractivity contribution in [2.45, 2.75) is 201 Å². The normalized spacial score (nSPS) is 10.9. The van der Waals surface area contributed by atoms with Crippen molar-refractivity contribution in [3.05, 3.63) is 0 Å². The fourth-order valence-electron chi connectivity index (χ4n) is 5.00. The summed E-state index contributed by atoms with van der Waals surface area (Å²) in [4.78, 5) is 0. The van der Waals surface area contributed by atoms with Gasteiger partial charge in [0, 0.05) is 0 Å². The summed E-state index contributed by atoms with van der Waals surface area (Å²) < 4.78 is 23.2. The molecule has 41 heavy (non-hydrogen) atoms. The van der Waals surface area contributed by atoms with Crippen LogP contribution in [0.25, 0.3) is 0 Å². The molecule has 0 aliphatic rings. The Labute approximate surface area is 270 Å². The number of unbranched alkanes of at least 4 members (excludes halogenated alkanes) is 20.